The van der Waals surface area contributed by atoms with E-state index >= 15 is 0 Å². The lowest BCUT2D eigenvalue weighted by molar-refractivity contribution is -0.160. The van der Waals surface area contributed by atoms with E-state index in [0.717, 1.165) is 5.56 Å². The number of hydrogen-bond acceptors (Lipinski definition) is 4. The first-order chi connectivity index (χ1) is 10.6. The number of nitrogens with two attached hydrogens (primary N) is 1. The summed E-state index contributed by atoms with van der Waals surface area (Å²) < 4.78 is 5.09. The van der Waals surface area contributed by atoms with Crippen molar-refractivity contribution in [2.24, 2.45) is 11.7 Å². The summed E-state index contributed by atoms with van der Waals surface area (Å²) in [4.78, 5) is 23.5. The molecule has 2 rings (SSSR count). The number of ether oxygens (including phenoxy) is 1. The fourth-order valence-electron chi connectivity index (χ4n) is 2.09. The number of benzene rings is 2. The Labute approximate surface area is 128 Å². The summed E-state index contributed by atoms with van der Waals surface area (Å²) in [6, 6.07) is 16.7. The number of carboxylic acid groups (broad SMARTS) is 1. The third kappa shape index (κ3) is 3.93. The van der Waals surface area contributed by atoms with Gasteiger partial charge in [-0.1, -0.05) is 60.7 Å². The normalized spacial score (nSPS) is 13.1. The second kappa shape index (κ2) is 7.38. The summed E-state index contributed by atoms with van der Waals surface area (Å²) in [6.45, 7) is 0.0188. The summed E-state index contributed by atoms with van der Waals surface area (Å²) in [6.07, 6.45) is 0. The molecule has 3 N–H and O–H groups in total. The van der Waals surface area contributed by atoms with Gasteiger partial charge in [-0.2, -0.15) is 0 Å². The zero-order chi connectivity index (χ0) is 15.9. The number of aliphatic carboxylic acids is 1. The number of esters is 1. The van der Waals surface area contributed by atoms with Crippen molar-refractivity contribution in [1.82, 2.24) is 0 Å². The van der Waals surface area contributed by atoms with E-state index in [0.29, 0.717) is 5.56 Å². The topological polar surface area (TPSA) is 89.6 Å². The van der Waals surface area contributed by atoms with Crippen molar-refractivity contribution >= 4 is 11.9 Å². The quantitative estimate of drug-likeness (QED) is 0.630. The van der Waals surface area contributed by atoms with Crippen LogP contribution in [0.1, 0.15) is 17.2 Å². The molecule has 2 atom stereocenters. The van der Waals surface area contributed by atoms with Crippen LogP contribution in [0.25, 0.3) is 0 Å². The molecule has 0 amide bonds. The minimum atomic E-state index is -1.44. The van der Waals surface area contributed by atoms with E-state index in [1.165, 1.54) is 0 Å². The molecule has 1 unspecified atom stereocenters. The van der Waals surface area contributed by atoms with Crippen LogP contribution >= 0.6 is 0 Å². The summed E-state index contributed by atoms with van der Waals surface area (Å²) in [7, 11) is 0. The second-order valence-electron chi connectivity index (χ2n) is 4.85. The molecule has 0 saturated heterocycles. The highest BCUT2D eigenvalue weighted by Crippen LogP contribution is 2.21. The summed E-state index contributed by atoms with van der Waals surface area (Å²) in [5.74, 6) is -3.58. The minimum Gasteiger partial charge on any atom is -0.481 e. The Kier molecular flexibility index (Phi) is 5.27. The molecule has 0 heterocycles. The van der Waals surface area contributed by atoms with Gasteiger partial charge in [-0.05, 0) is 11.1 Å². The van der Waals surface area contributed by atoms with E-state index in [1.807, 2.05) is 18.2 Å². The van der Waals surface area contributed by atoms with Crippen LogP contribution in [0.15, 0.2) is 60.7 Å². The Morgan fingerprint density at radius 2 is 1.55 bits per heavy atom. The van der Waals surface area contributed by atoms with Crippen molar-refractivity contribution in [2.75, 3.05) is 0 Å². The zero-order valence-electron chi connectivity index (χ0n) is 11.9. The van der Waals surface area contributed by atoms with Gasteiger partial charge in [-0.3, -0.25) is 9.59 Å². The molecule has 0 radical (unpaired) electrons. The van der Waals surface area contributed by atoms with Crippen molar-refractivity contribution < 1.29 is 19.4 Å². The predicted octanol–water partition coefficient (Wildman–Crippen LogP) is 2.13. The van der Waals surface area contributed by atoms with Crippen molar-refractivity contribution in [1.29, 1.82) is 0 Å². The van der Waals surface area contributed by atoms with E-state index in [9.17, 15) is 14.7 Å². The van der Waals surface area contributed by atoms with Crippen LogP contribution < -0.4 is 5.73 Å². The lowest BCUT2D eigenvalue weighted by Gasteiger charge is -2.19. The number of carboxylic acids is 1. The number of carbonyl (C=O) groups excluding carboxylic acids is 1. The molecule has 0 bridgehead atoms. The van der Waals surface area contributed by atoms with Crippen molar-refractivity contribution in [3.63, 3.8) is 0 Å². The smallest absolute Gasteiger partial charge is 0.322 e. The maximum Gasteiger partial charge on any atom is 0.322 e. The van der Waals surface area contributed by atoms with E-state index in [1.54, 1.807) is 42.5 Å². The molecule has 0 fully saturated rings. The maximum absolute atomic E-state index is 12.1. The van der Waals surface area contributed by atoms with Gasteiger partial charge in [0, 0.05) is 0 Å². The summed E-state index contributed by atoms with van der Waals surface area (Å²) in [5.41, 5.74) is 7.29. The molecule has 5 nitrogen and oxygen atoms in total. The van der Waals surface area contributed by atoms with Crippen LogP contribution in [0.2, 0.25) is 0 Å². The van der Waals surface area contributed by atoms with Crippen molar-refractivity contribution in [2.45, 2.75) is 12.6 Å². The molecule has 0 aromatic heterocycles. The zero-order valence-corrected chi connectivity index (χ0v) is 11.9. The fraction of sp³-hybridized carbons (Fsp3) is 0.176. The lowest BCUT2D eigenvalue weighted by Crippen LogP contribution is -2.35. The maximum atomic E-state index is 12.1. The first-order valence-corrected chi connectivity index (χ1v) is 6.83. The Balaban J connectivity index is 2.07. The highest BCUT2D eigenvalue weighted by Gasteiger charge is 2.35. The fourth-order valence-corrected chi connectivity index (χ4v) is 2.09. The number of hydrogen-bond donors (Lipinski definition) is 2. The molecule has 0 saturated carbocycles. The summed E-state index contributed by atoms with van der Waals surface area (Å²) >= 11 is 0. The minimum absolute atomic E-state index is 0.0188. The van der Waals surface area contributed by atoms with E-state index in [-0.39, 0.29) is 6.61 Å². The SMILES string of the molecule is NC(c1ccccc1)[C@@H](C(=O)O)C(=O)OCc1ccccc1. The molecule has 5 heteroatoms. The number of carbonyl (C=O) groups is 2. The predicted molar refractivity (Wildman–Crippen MR) is 80.7 cm³/mol. The Morgan fingerprint density at radius 1 is 1.00 bits per heavy atom. The van der Waals surface area contributed by atoms with Crippen LogP contribution in [0.3, 0.4) is 0 Å². The molecule has 0 spiro atoms. The Bertz CT molecular complexity index is 628. The van der Waals surface area contributed by atoms with Crippen LogP contribution in [0, 0.1) is 5.92 Å². The Morgan fingerprint density at radius 3 is 2.09 bits per heavy atom. The van der Waals surface area contributed by atoms with Crippen molar-refractivity contribution in [3.05, 3.63) is 71.8 Å². The van der Waals surface area contributed by atoms with Gasteiger partial charge in [0.2, 0.25) is 0 Å². The third-order valence-electron chi connectivity index (χ3n) is 3.29. The first kappa shape index (κ1) is 15.7. The highest BCUT2D eigenvalue weighted by atomic mass is 16.5. The highest BCUT2D eigenvalue weighted by molar-refractivity contribution is 5.95. The Hall–Kier alpha value is -2.66. The number of rotatable bonds is 6. The van der Waals surface area contributed by atoms with Gasteiger partial charge in [-0.25, -0.2) is 0 Å². The standard InChI is InChI=1S/C17H17NO4/c18-15(13-9-5-2-6-10-13)14(16(19)20)17(21)22-11-12-7-3-1-4-8-12/h1-10,14-15H,11,18H2,(H,19,20)/t14-,15?/m0/s1. The van der Waals surface area contributed by atoms with Crippen LogP contribution in [-0.2, 0) is 20.9 Å². The van der Waals surface area contributed by atoms with Crippen LogP contribution in [-0.4, -0.2) is 17.0 Å². The van der Waals surface area contributed by atoms with E-state index in [4.69, 9.17) is 10.5 Å². The van der Waals surface area contributed by atoms with Gasteiger partial charge in [0.15, 0.2) is 5.92 Å². The molecule has 0 aliphatic heterocycles. The first-order valence-electron chi connectivity index (χ1n) is 6.83. The average Bonchev–Trinajstić information content (AvgIpc) is 2.54. The van der Waals surface area contributed by atoms with Gasteiger partial charge < -0.3 is 15.6 Å². The summed E-state index contributed by atoms with van der Waals surface area (Å²) in [5, 5.41) is 9.29. The molecule has 0 aliphatic carbocycles. The molecular weight excluding hydrogens is 282 g/mol. The van der Waals surface area contributed by atoms with E-state index < -0.39 is 23.9 Å². The lowest BCUT2D eigenvalue weighted by atomic mass is 9.94. The van der Waals surface area contributed by atoms with Gasteiger partial charge in [-0.15, -0.1) is 0 Å². The molecule has 2 aromatic carbocycles. The van der Waals surface area contributed by atoms with Gasteiger partial charge in [0.25, 0.3) is 0 Å². The van der Waals surface area contributed by atoms with Crippen molar-refractivity contribution in [3.8, 4) is 0 Å². The molecule has 114 valence electrons. The largest absolute Gasteiger partial charge is 0.481 e. The second-order valence-corrected chi connectivity index (χ2v) is 4.85. The molecule has 22 heavy (non-hydrogen) atoms. The van der Waals surface area contributed by atoms with Crippen LogP contribution in [0.5, 0.6) is 0 Å². The van der Waals surface area contributed by atoms with Gasteiger partial charge >= 0.3 is 11.9 Å². The van der Waals surface area contributed by atoms with E-state index in [2.05, 4.69) is 0 Å². The van der Waals surface area contributed by atoms with Gasteiger partial charge in [0.1, 0.15) is 6.61 Å². The average molecular weight is 299 g/mol. The third-order valence-corrected chi connectivity index (χ3v) is 3.29. The monoisotopic (exact) mass is 299 g/mol. The molecule has 2 aromatic rings. The molecular formula is C17H17NO4. The molecule has 0 aliphatic rings. The van der Waals surface area contributed by atoms with Gasteiger partial charge in [0.05, 0.1) is 6.04 Å². The van der Waals surface area contributed by atoms with Crippen LogP contribution in [0.4, 0.5) is 0 Å².